The Hall–Kier alpha value is -1.75. The molecule has 106 valence electrons. The third kappa shape index (κ3) is 5.61. The van der Waals surface area contributed by atoms with Crippen molar-refractivity contribution in [3.63, 3.8) is 0 Å². The van der Waals surface area contributed by atoms with Crippen LogP contribution < -0.4 is 4.90 Å². The highest BCUT2D eigenvalue weighted by Crippen LogP contribution is 2.19. The molecule has 1 rings (SSSR count). The van der Waals surface area contributed by atoms with Crippen LogP contribution in [0.15, 0.2) is 24.3 Å². The first-order chi connectivity index (χ1) is 9.17. The summed E-state index contributed by atoms with van der Waals surface area (Å²) in [5, 5.41) is 9.44. The van der Waals surface area contributed by atoms with Gasteiger partial charge in [-0.1, -0.05) is 6.07 Å². The van der Waals surface area contributed by atoms with Crippen molar-refractivity contribution in [1.82, 2.24) is 0 Å². The van der Waals surface area contributed by atoms with Crippen LogP contribution in [0.1, 0.15) is 13.8 Å². The van der Waals surface area contributed by atoms with Crippen molar-refractivity contribution in [1.29, 1.82) is 0 Å². The summed E-state index contributed by atoms with van der Waals surface area (Å²) in [5.41, 5.74) is 0.933. The molecule has 19 heavy (non-hydrogen) atoms. The van der Waals surface area contributed by atoms with E-state index in [1.165, 1.54) is 0 Å². The highest BCUT2D eigenvalue weighted by Gasteiger charge is 2.06. The summed E-state index contributed by atoms with van der Waals surface area (Å²) >= 11 is 0. The van der Waals surface area contributed by atoms with Gasteiger partial charge < -0.3 is 19.5 Å². The van der Waals surface area contributed by atoms with Gasteiger partial charge in [-0.3, -0.25) is 0 Å². The topological polar surface area (TPSA) is 59.0 Å². The lowest BCUT2D eigenvalue weighted by Gasteiger charge is -2.23. The van der Waals surface area contributed by atoms with E-state index in [1.807, 2.05) is 13.0 Å². The van der Waals surface area contributed by atoms with E-state index >= 15 is 0 Å². The van der Waals surface area contributed by atoms with E-state index in [0.717, 1.165) is 12.2 Å². The molecule has 0 atom stereocenters. The minimum absolute atomic E-state index is 0.0224. The zero-order valence-corrected chi connectivity index (χ0v) is 11.5. The number of carbonyl (C=O) groups excluding carboxylic acids is 1. The standard InChI is InChI=1S/C14H21NO4/c1-3-15(12-6-5-7-13(16)10-12)8-9-18-11-14(17)19-4-2/h5-7,10,16H,3-4,8-9,11H2,1-2H3. The molecule has 0 aromatic heterocycles. The average Bonchev–Trinajstić information content (AvgIpc) is 2.39. The number of benzene rings is 1. The van der Waals surface area contributed by atoms with E-state index in [0.29, 0.717) is 19.8 Å². The van der Waals surface area contributed by atoms with Gasteiger partial charge in [0.05, 0.1) is 13.2 Å². The maximum atomic E-state index is 11.1. The quantitative estimate of drug-likeness (QED) is 0.575. The number of anilines is 1. The second-order valence-electron chi connectivity index (χ2n) is 3.96. The lowest BCUT2D eigenvalue weighted by atomic mass is 10.2. The van der Waals surface area contributed by atoms with Crippen molar-refractivity contribution in [3.8, 4) is 5.75 Å². The van der Waals surface area contributed by atoms with Crippen LogP contribution in [0.4, 0.5) is 5.69 Å². The number of phenolic OH excluding ortho intramolecular Hbond substituents is 1. The molecule has 0 aliphatic carbocycles. The van der Waals surface area contributed by atoms with E-state index < -0.39 is 0 Å². The Morgan fingerprint density at radius 3 is 2.79 bits per heavy atom. The lowest BCUT2D eigenvalue weighted by Crippen LogP contribution is -2.28. The molecular weight excluding hydrogens is 246 g/mol. The maximum Gasteiger partial charge on any atom is 0.332 e. The molecule has 1 aromatic carbocycles. The first kappa shape index (κ1) is 15.3. The highest BCUT2D eigenvalue weighted by molar-refractivity contribution is 5.70. The van der Waals surface area contributed by atoms with Crippen molar-refractivity contribution < 1.29 is 19.4 Å². The molecule has 0 aliphatic rings. The van der Waals surface area contributed by atoms with Crippen molar-refractivity contribution in [2.45, 2.75) is 13.8 Å². The summed E-state index contributed by atoms with van der Waals surface area (Å²) in [6.45, 7) is 6.01. The fraction of sp³-hybridized carbons (Fsp3) is 0.500. The monoisotopic (exact) mass is 267 g/mol. The molecule has 0 saturated heterocycles. The molecule has 0 saturated carbocycles. The number of ether oxygens (including phenoxy) is 2. The first-order valence-electron chi connectivity index (χ1n) is 6.44. The number of hydrogen-bond donors (Lipinski definition) is 1. The van der Waals surface area contributed by atoms with Crippen molar-refractivity contribution in [2.24, 2.45) is 0 Å². The van der Waals surface area contributed by atoms with E-state index in [2.05, 4.69) is 4.90 Å². The van der Waals surface area contributed by atoms with Crippen molar-refractivity contribution >= 4 is 11.7 Å². The summed E-state index contributed by atoms with van der Waals surface area (Å²) in [7, 11) is 0. The summed E-state index contributed by atoms with van der Waals surface area (Å²) in [4.78, 5) is 13.1. The van der Waals surface area contributed by atoms with E-state index in [9.17, 15) is 9.90 Å². The normalized spacial score (nSPS) is 10.2. The minimum Gasteiger partial charge on any atom is -0.508 e. The highest BCUT2D eigenvalue weighted by atomic mass is 16.6. The number of nitrogens with zero attached hydrogens (tertiary/aromatic N) is 1. The molecule has 5 heteroatoms. The molecule has 0 unspecified atom stereocenters. The van der Waals surface area contributed by atoms with E-state index in [1.54, 1.807) is 25.1 Å². The Morgan fingerprint density at radius 2 is 2.16 bits per heavy atom. The number of aromatic hydroxyl groups is 1. The van der Waals surface area contributed by atoms with Crippen LogP contribution in [0.25, 0.3) is 0 Å². The molecule has 1 N–H and O–H groups in total. The number of phenols is 1. The predicted octanol–water partition coefficient (Wildman–Crippen LogP) is 1.80. The average molecular weight is 267 g/mol. The molecular formula is C14H21NO4. The van der Waals surface area contributed by atoms with Crippen LogP contribution in [0.3, 0.4) is 0 Å². The van der Waals surface area contributed by atoms with Gasteiger partial charge in [0.2, 0.25) is 0 Å². The van der Waals surface area contributed by atoms with Gasteiger partial charge in [0.15, 0.2) is 0 Å². The molecule has 0 bridgehead atoms. The Bertz CT molecular complexity index is 395. The Morgan fingerprint density at radius 1 is 1.37 bits per heavy atom. The van der Waals surface area contributed by atoms with Crippen LogP contribution in [0.2, 0.25) is 0 Å². The minimum atomic E-state index is -0.345. The zero-order valence-electron chi connectivity index (χ0n) is 11.5. The molecule has 0 fully saturated rings. The fourth-order valence-electron chi connectivity index (χ4n) is 1.69. The van der Waals surface area contributed by atoms with Gasteiger partial charge in [-0.2, -0.15) is 0 Å². The smallest absolute Gasteiger partial charge is 0.332 e. The number of rotatable bonds is 8. The van der Waals surface area contributed by atoms with Gasteiger partial charge in [0.25, 0.3) is 0 Å². The Balaban J connectivity index is 2.35. The van der Waals surface area contributed by atoms with E-state index in [-0.39, 0.29) is 18.3 Å². The third-order valence-electron chi connectivity index (χ3n) is 2.61. The molecule has 0 spiro atoms. The summed E-state index contributed by atoms with van der Waals surface area (Å²) in [5.74, 6) is -0.105. The largest absolute Gasteiger partial charge is 0.508 e. The van der Waals surface area contributed by atoms with Crippen LogP contribution >= 0.6 is 0 Å². The third-order valence-corrected chi connectivity index (χ3v) is 2.61. The second kappa shape index (κ2) is 8.37. The number of hydrogen-bond acceptors (Lipinski definition) is 5. The summed E-state index contributed by atoms with van der Waals surface area (Å²) in [6, 6.07) is 7.06. The number of esters is 1. The molecule has 0 heterocycles. The SMILES string of the molecule is CCOC(=O)COCCN(CC)c1cccc(O)c1. The van der Waals surface area contributed by atoms with Crippen molar-refractivity contribution in [2.75, 3.05) is 37.8 Å². The summed E-state index contributed by atoms with van der Waals surface area (Å²) in [6.07, 6.45) is 0. The van der Waals surface area contributed by atoms with Crippen LogP contribution in [0, 0.1) is 0 Å². The van der Waals surface area contributed by atoms with Gasteiger partial charge in [0.1, 0.15) is 12.4 Å². The van der Waals surface area contributed by atoms with Crippen molar-refractivity contribution in [3.05, 3.63) is 24.3 Å². The maximum absolute atomic E-state index is 11.1. The first-order valence-corrected chi connectivity index (χ1v) is 6.44. The lowest BCUT2D eigenvalue weighted by molar-refractivity contribution is -0.148. The van der Waals surface area contributed by atoms with Crippen LogP contribution in [-0.2, 0) is 14.3 Å². The molecule has 0 aliphatic heterocycles. The van der Waals surface area contributed by atoms with Gasteiger partial charge in [-0.05, 0) is 26.0 Å². The predicted molar refractivity (Wildman–Crippen MR) is 73.4 cm³/mol. The zero-order chi connectivity index (χ0) is 14.1. The summed E-state index contributed by atoms with van der Waals surface area (Å²) < 4.78 is 10.0. The number of carbonyl (C=O) groups is 1. The molecule has 5 nitrogen and oxygen atoms in total. The van der Waals surface area contributed by atoms with E-state index in [4.69, 9.17) is 9.47 Å². The molecule has 1 aromatic rings. The Kier molecular flexibility index (Phi) is 6.74. The van der Waals surface area contributed by atoms with Gasteiger partial charge in [0, 0.05) is 24.8 Å². The van der Waals surface area contributed by atoms with Gasteiger partial charge in [-0.25, -0.2) is 4.79 Å². The van der Waals surface area contributed by atoms with Gasteiger partial charge >= 0.3 is 5.97 Å². The van der Waals surface area contributed by atoms with Gasteiger partial charge in [-0.15, -0.1) is 0 Å². The van der Waals surface area contributed by atoms with Crippen LogP contribution in [0.5, 0.6) is 5.75 Å². The molecule has 0 amide bonds. The second-order valence-corrected chi connectivity index (χ2v) is 3.96. The Labute approximate surface area is 113 Å². The number of likely N-dealkylation sites (N-methyl/N-ethyl adjacent to an activating group) is 1. The van der Waals surface area contributed by atoms with Crippen LogP contribution in [-0.4, -0.2) is 44.0 Å². The molecule has 0 radical (unpaired) electrons. The fourth-order valence-corrected chi connectivity index (χ4v) is 1.69.